The fraction of sp³-hybridized carbons (Fsp3) is 0.375. The van der Waals surface area contributed by atoms with Gasteiger partial charge in [-0.3, -0.25) is 4.79 Å². The van der Waals surface area contributed by atoms with Gasteiger partial charge in [0, 0.05) is 6.54 Å². The van der Waals surface area contributed by atoms with E-state index in [0.29, 0.717) is 29.7 Å². The lowest BCUT2D eigenvalue weighted by molar-refractivity contribution is -0.113. The molecule has 0 spiro atoms. The number of carbonyl (C=O) groups excluding carboxylic acids is 1. The number of thioether (sulfide) groups is 1. The fourth-order valence-electron chi connectivity index (χ4n) is 3.11. The molecule has 1 heterocycles. The van der Waals surface area contributed by atoms with E-state index in [2.05, 4.69) is 48.4 Å². The van der Waals surface area contributed by atoms with Crippen molar-refractivity contribution in [2.45, 2.75) is 51.4 Å². The van der Waals surface area contributed by atoms with Gasteiger partial charge in [0.25, 0.3) is 0 Å². The van der Waals surface area contributed by atoms with Crippen LogP contribution in [-0.2, 0) is 23.4 Å². The van der Waals surface area contributed by atoms with Crippen LogP contribution in [-0.4, -0.2) is 33.5 Å². The van der Waals surface area contributed by atoms with Gasteiger partial charge in [-0.1, -0.05) is 56.8 Å². The minimum Gasteiger partial charge on any atom is -0.495 e. The summed E-state index contributed by atoms with van der Waals surface area (Å²) in [6.07, 6.45) is 0. The number of hydrogen-bond donors (Lipinski definition) is 1. The van der Waals surface area contributed by atoms with Crippen LogP contribution in [0.5, 0.6) is 11.5 Å². The number of rotatable bonds is 9. The van der Waals surface area contributed by atoms with Crippen molar-refractivity contribution in [3.63, 3.8) is 0 Å². The Hall–Kier alpha value is -3.00. The Balaban J connectivity index is 1.58. The van der Waals surface area contributed by atoms with E-state index >= 15 is 0 Å². The quantitative estimate of drug-likeness (QED) is 0.463. The van der Waals surface area contributed by atoms with Crippen LogP contribution < -0.4 is 14.8 Å². The van der Waals surface area contributed by atoms with Gasteiger partial charge in [0.15, 0.2) is 11.0 Å². The first-order chi connectivity index (χ1) is 15.3. The number of methoxy groups -OCH3 is 1. The van der Waals surface area contributed by atoms with E-state index < -0.39 is 0 Å². The second-order valence-corrected chi connectivity index (χ2v) is 9.19. The first kappa shape index (κ1) is 23.7. The lowest BCUT2D eigenvalue weighted by atomic mass is 9.87. The van der Waals surface area contributed by atoms with Crippen molar-refractivity contribution in [2.24, 2.45) is 0 Å². The van der Waals surface area contributed by atoms with Crippen LogP contribution in [0.15, 0.2) is 53.7 Å². The average Bonchev–Trinajstić information content (AvgIpc) is 3.18. The molecule has 0 aliphatic rings. The van der Waals surface area contributed by atoms with Crippen molar-refractivity contribution in [1.29, 1.82) is 0 Å². The van der Waals surface area contributed by atoms with Crippen LogP contribution in [0.1, 0.15) is 39.1 Å². The lowest BCUT2D eigenvalue weighted by Gasteiger charge is -2.19. The smallest absolute Gasteiger partial charge is 0.234 e. The molecule has 8 heteroatoms. The summed E-state index contributed by atoms with van der Waals surface area (Å²) in [7, 11) is 1.58. The molecule has 3 rings (SSSR count). The predicted molar refractivity (Wildman–Crippen MR) is 128 cm³/mol. The average molecular weight is 455 g/mol. The number of hydrogen-bond acceptors (Lipinski definition) is 6. The molecule has 1 amide bonds. The second kappa shape index (κ2) is 10.5. The molecule has 0 saturated heterocycles. The summed E-state index contributed by atoms with van der Waals surface area (Å²) in [5, 5.41) is 12.1. The number of para-hydroxylation sites is 2. The summed E-state index contributed by atoms with van der Waals surface area (Å²) >= 11 is 1.34. The van der Waals surface area contributed by atoms with Crippen LogP contribution in [0.3, 0.4) is 0 Å². The molecule has 0 fully saturated rings. The number of nitrogens with one attached hydrogen (secondary N) is 1. The molecule has 170 valence electrons. The van der Waals surface area contributed by atoms with Crippen molar-refractivity contribution >= 4 is 23.4 Å². The van der Waals surface area contributed by atoms with E-state index in [9.17, 15) is 4.79 Å². The first-order valence-corrected chi connectivity index (χ1v) is 11.5. The maximum absolute atomic E-state index is 12.4. The van der Waals surface area contributed by atoms with E-state index in [1.54, 1.807) is 19.2 Å². The van der Waals surface area contributed by atoms with Gasteiger partial charge in [-0.25, -0.2) is 0 Å². The van der Waals surface area contributed by atoms with Crippen LogP contribution in [0.4, 0.5) is 5.69 Å². The number of carbonyl (C=O) groups is 1. The maximum atomic E-state index is 12.4. The predicted octanol–water partition coefficient (Wildman–Crippen LogP) is 4.91. The van der Waals surface area contributed by atoms with Gasteiger partial charge in [0.1, 0.15) is 18.1 Å². The number of amides is 1. The van der Waals surface area contributed by atoms with E-state index in [-0.39, 0.29) is 17.1 Å². The fourth-order valence-corrected chi connectivity index (χ4v) is 3.93. The third-order valence-electron chi connectivity index (χ3n) is 4.91. The minimum absolute atomic E-state index is 0.102. The monoisotopic (exact) mass is 454 g/mol. The number of benzene rings is 2. The van der Waals surface area contributed by atoms with E-state index in [1.165, 1.54) is 17.3 Å². The zero-order valence-electron chi connectivity index (χ0n) is 19.2. The third kappa shape index (κ3) is 6.03. The molecule has 0 unspecified atom stereocenters. The van der Waals surface area contributed by atoms with Crippen molar-refractivity contribution < 1.29 is 14.3 Å². The summed E-state index contributed by atoms with van der Waals surface area (Å²) in [5.74, 6) is 2.21. The Kier molecular flexibility index (Phi) is 7.80. The first-order valence-electron chi connectivity index (χ1n) is 10.5. The molecule has 7 nitrogen and oxygen atoms in total. The molecule has 2 aromatic carbocycles. The molecular weight excluding hydrogens is 424 g/mol. The summed E-state index contributed by atoms with van der Waals surface area (Å²) in [6.45, 7) is 9.56. The zero-order valence-corrected chi connectivity index (χ0v) is 20.0. The largest absolute Gasteiger partial charge is 0.495 e. The molecule has 0 aliphatic carbocycles. The van der Waals surface area contributed by atoms with Crippen molar-refractivity contribution in [3.05, 3.63) is 59.9 Å². The Labute approximate surface area is 193 Å². The molecule has 0 radical (unpaired) electrons. The summed E-state index contributed by atoms with van der Waals surface area (Å²) in [6, 6.07) is 15.4. The van der Waals surface area contributed by atoms with Gasteiger partial charge in [-0.05, 0) is 42.2 Å². The zero-order chi connectivity index (χ0) is 23.1. The van der Waals surface area contributed by atoms with Crippen molar-refractivity contribution in [3.8, 4) is 11.5 Å². The maximum Gasteiger partial charge on any atom is 0.234 e. The van der Waals surface area contributed by atoms with Gasteiger partial charge in [-0.2, -0.15) is 0 Å². The van der Waals surface area contributed by atoms with Gasteiger partial charge in [0.2, 0.25) is 5.91 Å². The third-order valence-corrected chi connectivity index (χ3v) is 5.88. The minimum atomic E-state index is -0.137. The van der Waals surface area contributed by atoms with Crippen molar-refractivity contribution in [1.82, 2.24) is 14.8 Å². The summed E-state index contributed by atoms with van der Waals surface area (Å²) in [5.41, 5.74) is 2.00. The number of aromatic nitrogens is 3. The van der Waals surface area contributed by atoms with Gasteiger partial charge in [-0.15, -0.1) is 10.2 Å². The number of nitrogens with zero attached hydrogens (tertiary/aromatic N) is 3. The molecular formula is C24H30N4O3S. The highest BCUT2D eigenvalue weighted by molar-refractivity contribution is 7.99. The highest BCUT2D eigenvalue weighted by Gasteiger charge is 2.16. The van der Waals surface area contributed by atoms with Gasteiger partial charge in [0.05, 0.1) is 18.6 Å². The van der Waals surface area contributed by atoms with Crippen LogP contribution in [0, 0.1) is 0 Å². The normalized spacial score (nSPS) is 11.3. The lowest BCUT2D eigenvalue weighted by Crippen LogP contribution is -2.15. The second-order valence-electron chi connectivity index (χ2n) is 8.24. The topological polar surface area (TPSA) is 78.3 Å². The Morgan fingerprint density at radius 1 is 1.09 bits per heavy atom. The van der Waals surface area contributed by atoms with E-state index in [0.717, 1.165) is 11.6 Å². The van der Waals surface area contributed by atoms with Crippen LogP contribution in [0.2, 0.25) is 0 Å². The van der Waals surface area contributed by atoms with Crippen LogP contribution in [0.25, 0.3) is 0 Å². The molecule has 0 saturated carbocycles. The molecule has 0 atom stereocenters. The molecule has 1 N–H and O–H groups in total. The van der Waals surface area contributed by atoms with Gasteiger partial charge >= 0.3 is 0 Å². The summed E-state index contributed by atoms with van der Waals surface area (Å²) in [4.78, 5) is 12.4. The molecule has 1 aromatic heterocycles. The Morgan fingerprint density at radius 3 is 2.47 bits per heavy atom. The van der Waals surface area contributed by atoms with E-state index in [4.69, 9.17) is 9.47 Å². The standard InChI is InChI=1S/C24H30N4O3S/c1-6-28-21(15-31-18-13-11-17(12-14-18)24(2,3)4)26-27-23(28)32-16-22(29)25-19-9-7-8-10-20(19)30-5/h7-14H,6,15-16H2,1-5H3,(H,25,29). The van der Waals surface area contributed by atoms with Gasteiger partial charge < -0.3 is 19.4 Å². The van der Waals surface area contributed by atoms with Crippen LogP contribution >= 0.6 is 11.8 Å². The van der Waals surface area contributed by atoms with Crippen molar-refractivity contribution in [2.75, 3.05) is 18.2 Å². The number of ether oxygens (including phenoxy) is 2. The Morgan fingerprint density at radius 2 is 1.81 bits per heavy atom. The summed E-state index contributed by atoms with van der Waals surface area (Å²) < 4.78 is 13.2. The molecule has 0 bridgehead atoms. The van der Waals surface area contributed by atoms with E-state index in [1.807, 2.05) is 35.8 Å². The molecule has 3 aromatic rings. The molecule has 0 aliphatic heterocycles. The Bertz CT molecular complexity index is 1040. The highest BCUT2D eigenvalue weighted by atomic mass is 32.2. The number of anilines is 1. The highest BCUT2D eigenvalue weighted by Crippen LogP contribution is 2.26. The molecule has 32 heavy (non-hydrogen) atoms. The SMILES string of the molecule is CCn1c(COc2ccc(C(C)(C)C)cc2)nnc1SCC(=O)Nc1ccccc1OC.